The summed E-state index contributed by atoms with van der Waals surface area (Å²) in [6.45, 7) is 5.20. The van der Waals surface area contributed by atoms with Gasteiger partial charge in [-0.2, -0.15) is 11.8 Å². The van der Waals surface area contributed by atoms with Gasteiger partial charge < -0.3 is 15.4 Å². The Labute approximate surface area is 114 Å². The molecule has 4 nitrogen and oxygen atoms in total. The zero-order valence-corrected chi connectivity index (χ0v) is 12.0. The highest BCUT2D eigenvalue weighted by molar-refractivity contribution is 8.00. The van der Waals surface area contributed by atoms with Gasteiger partial charge in [0.25, 0.3) is 0 Å². The van der Waals surface area contributed by atoms with E-state index in [0.717, 1.165) is 32.6 Å². The number of nitrogens with one attached hydrogen (secondary N) is 2. The van der Waals surface area contributed by atoms with Gasteiger partial charge in [0.15, 0.2) is 0 Å². The third-order valence-electron chi connectivity index (χ3n) is 3.67. The van der Waals surface area contributed by atoms with Gasteiger partial charge >= 0.3 is 0 Å². The fraction of sp³-hybridized carbons (Fsp3) is 0.923. The molecule has 18 heavy (non-hydrogen) atoms. The average Bonchev–Trinajstić information content (AvgIpc) is 2.77. The topological polar surface area (TPSA) is 50.4 Å². The highest BCUT2D eigenvalue weighted by Gasteiger charge is 2.29. The van der Waals surface area contributed by atoms with Gasteiger partial charge in [-0.15, -0.1) is 0 Å². The summed E-state index contributed by atoms with van der Waals surface area (Å²) in [7, 11) is 0. The van der Waals surface area contributed by atoms with Crippen LogP contribution < -0.4 is 10.6 Å². The van der Waals surface area contributed by atoms with Crippen LogP contribution in [0.3, 0.4) is 0 Å². The van der Waals surface area contributed by atoms with E-state index in [9.17, 15) is 4.79 Å². The number of ether oxygens (including phenoxy) is 1. The molecule has 2 N–H and O–H groups in total. The quantitative estimate of drug-likeness (QED) is 0.788. The lowest BCUT2D eigenvalue weighted by molar-refractivity contribution is -0.121. The van der Waals surface area contributed by atoms with Gasteiger partial charge in [0.1, 0.15) is 0 Å². The van der Waals surface area contributed by atoms with Gasteiger partial charge in [-0.3, -0.25) is 4.79 Å². The van der Waals surface area contributed by atoms with Crippen molar-refractivity contribution in [2.45, 2.75) is 43.4 Å². The Kier molecular flexibility index (Phi) is 5.33. The van der Waals surface area contributed by atoms with Gasteiger partial charge in [0, 0.05) is 30.5 Å². The first kappa shape index (κ1) is 14.2. The summed E-state index contributed by atoms with van der Waals surface area (Å²) in [5.74, 6) is 1.38. The summed E-state index contributed by atoms with van der Waals surface area (Å²) in [5, 5.41) is 6.36. The van der Waals surface area contributed by atoms with Gasteiger partial charge in [-0.1, -0.05) is 0 Å². The first-order valence-electron chi connectivity index (χ1n) is 6.90. The van der Waals surface area contributed by atoms with Crippen LogP contribution in [-0.4, -0.2) is 48.8 Å². The molecule has 2 rings (SSSR count). The van der Waals surface area contributed by atoms with E-state index in [0.29, 0.717) is 17.3 Å². The van der Waals surface area contributed by atoms with Crippen LogP contribution in [0.2, 0.25) is 0 Å². The lowest BCUT2D eigenvalue weighted by Gasteiger charge is -2.25. The van der Waals surface area contributed by atoms with E-state index in [1.165, 1.54) is 18.6 Å². The lowest BCUT2D eigenvalue weighted by atomic mass is 10.1. The fourth-order valence-electron chi connectivity index (χ4n) is 2.54. The molecule has 0 aromatic carbocycles. The number of hydrogen-bond acceptors (Lipinski definition) is 4. The number of carbonyl (C=O) groups is 1. The van der Waals surface area contributed by atoms with Crippen LogP contribution in [0.15, 0.2) is 0 Å². The van der Waals surface area contributed by atoms with E-state index in [-0.39, 0.29) is 5.91 Å². The Hall–Kier alpha value is -0.260. The zero-order valence-electron chi connectivity index (χ0n) is 11.2. The Morgan fingerprint density at radius 2 is 2.22 bits per heavy atom. The molecule has 2 heterocycles. The zero-order chi connectivity index (χ0) is 12.8. The molecule has 2 saturated heterocycles. The van der Waals surface area contributed by atoms with E-state index >= 15 is 0 Å². The minimum atomic E-state index is 0.119. The van der Waals surface area contributed by atoms with Crippen LogP contribution >= 0.6 is 11.8 Å². The molecule has 1 amide bonds. The van der Waals surface area contributed by atoms with E-state index in [1.54, 1.807) is 0 Å². The van der Waals surface area contributed by atoms with Gasteiger partial charge in [-0.05, 0) is 38.4 Å². The van der Waals surface area contributed by atoms with Crippen molar-refractivity contribution in [2.75, 3.05) is 32.1 Å². The average molecular weight is 272 g/mol. The Morgan fingerprint density at radius 3 is 2.89 bits per heavy atom. The number of carbonyl (C=O) groups excluding carboxylic acids is 1. The van der Waals surface area contributed by atoms with Crippen molar-refractivity contribution in [2.24, 2.45) is 0 Å². The van der Waals surface area contributed by atoms with Crippen molar-refractivity contribution in [1.29, 1.82) is 0 Å². The molecule has 2 aliphatic heterocycles. The van der Waals surface area contributed by atoms with Crippen LogP contribution in [-0.2, 0) is 9.53 Å². The van der Waals surface area contributed by atoms with Crippen molar-refractivity contribution < 1.29 is 9.53 Å². The van der Waals surface area contributed by atoms with Gasteiger partial charge in [-0.25, -0.2) is 0 Å². The second kappa shape index (κ2) is 6.78. The molecule has 1 atom stereocenters. The molecule has 0 bridgehead atoms. The first-order valence-corrected chi connectivity index (χ1v) is 7.88. The number of thioether (sulfide) groups is 1. The van der Waals surface area contributed by atoms with Crippen molar-refractivity contribution in [3.05, 3.63) is 0 Å². The summed E-state index contributed by atoms with van der Waals surface area (Å²) in [4.78, 5) is 11.8. The summed E-state index contributed by atoms with van der Waals surface area (Å²) < 4.78 is 5.61. The maximum Gasteiger partial charge on any atom is 0.234 e. The van der Waals surface area contributed by atoms with Crippen LogP contribution in [0.1, 0.15) is 32.6 Å². The molecule has 104 valence electrons. The highest BCUT2D eigenvalue weighted by atomic mass is 32.2. The Bertz CT molecular complexity index is 274. The summed E-state index contributed by atoms with van der Waals surface area (Å²) in [6.07, 6.45) is 4.45. The smallest absolute Gasteiger partial charge is 0.234 e. The second-order valence-electron chi connectivity index (χ2n) is 5.46. The van der Waals surface area contributed by atoms with E-state index in [2.05, 4.69) is 17.6 Å². The second-order valence-corrected chi connectivity index (χ2v) is 7.14. The van der Waals surface area contributed by atoms with E-state index in [1.807, 2.05) is 11.8 Å². The molecule has 0 aromatic heterocycles. The Morgan fingerprint density at radius 1 is 1.44 bits per heavy atom. The SMILES string of the molecule is CC1(CNCC(=O)NC2CCOCC2)CCCS1. The molecule has 0 spiro atoms. The van der Waals surface area contributed by atoms with Crippen molar-refractivity contribution in [3.8, 4) is 0 Å². The predicted molar refractivity (Wildman–Crippen MR) is 75.0 cm³/mol. The highest BCUT2D eigenvalue weighted by Crippen LogP contribution is 2.36. The van der Waals surface area contributed by atoms with Crippen LogP contribution in [0.5, 0.6) is 0 Å². The first-order chi connectivity index (χ1) is 8.68. The molecular weight excluding hydrogens is 248 g/mol. The normalized spacial score (nSPS) is 29.4. The Balaban J connectivity index is 1.59. The maximum atomic E-state index is 11.8. The molecule has 0 aliphatic carbocycles. The molecule has 0 radical (unpaired) electrons. The van der Waals surface area contributed by atoms with Gasteiger partial charge in [0.05, 0.1) is 6.54 Å². The molecular formula is C13H24N2O2S. The third kappa shape index (κ3) is 4.44. The van der Waals surface area contributed by atoms with E-state index < -0.39 is 0 Å². The molecule has 5 heteroatoms. The summed E-state index contributed by atoms with van der Waals surface area (Å²) in [6, 6.07) is 0.310. The van der Waals surface area contributed by atoms with Gasteiger partial charge in [0.2, 0.25) is 5.91 Å². The molecule has 2 aliphatic rings. The van der Waals surface area contributed by atoms with Crippen LogP contribution in [0.25, 0.3) is 0 Å². The molecule has 0 saturated carbocycles. The monoisotopic (exact) mass is 272 g/mol. The van der Waals surface area contributed by atoms with Crippen LogP contribution in [0, 0.1) is 0 Å². The number of rotatable bonds is 5. The maximum absolute atomic E-state index is 11.8. The fourth-order valence-corrected chi connectivity index (χ4v) is 3.81. The minimum absolute atomic E-state index is 0.119. The standard InChI is InChI=1S/C13H24N2O2S/c1-13(5-2-8-18-13)10-14-9-12(16)15-11-3-6-17-7-4-11/h11,14H,2-10H2,1H3,(H,15,16). The number of amides is 1. The molecule has 2 fully saturated rings. The lowest BCUT2D eigenvalue weighted by Crippen LogP contribution is -2.45. The van der Waals surface area contributed by atoms with Crippen molar-refractivity contribution in [1.82, 2.24) is 10.6 Å². The van der Waals surface area contributed by atoms with E-state index in [4.69, 9.17) is 4.74 Å². The van der Waals surface area contributed by atoms with Crippen molar-refractivity contribution >= 4 is 17.7 Å². The predicted octanol–water partition coefficient (Wildman–Crippen LogP) is 1.16. The largest absolute Gasteiger partial charge is 0.381 e. The summed E-state index contributed by atoms with van der Waals surface area (Å²) in [5.41, 5.74) is 0. The third-order valence-corrected chi connectivity index (χ3v) is 5.21. The molecule has 0 aromatic rings. The van der Waals surface area contributed by atoms with Crippen LogP contribution in [0.4, 0.5) is 0 Å². The summed E-state index contributed by atoms with van der Waals surface area (Å²) >= 11 is 2.02. The molecule has 1 unspecified atom stereocenters. The minimum Gasteiger partial charge on any atom is -0.381 e. The number of hydrogen-bond donors (Lipinski definition) is 2. The van der Waals surface area contributed by atoms with Crippen molar-refractivity contribution in [3.63, 3.8) is 0 Å².